The molecule has 0 aliphatic rings. The SMILES string of the molecule is COC(=O)Cc1cccc(OC[C@@H](O)COCc2ccccc2)c1. The van der Waals surface area contributed by atoms with Crippen LogP contribution in [0.4, 0.5) is 0 Å². The quantitative estimate of drug-likeness (QED) is 0.715. The highest BCUT2D eigenvalue weighted by molar-refractivity contribution is 5.72. The molecule has 5 nitrogen and oxygen atoms in total. The van der Waals surface area contributed by atoms with Gasteiger partial charge in [0.2, 0.25) is 0 Å². The highest BCUT2D eigenvalue weighted by atomic mass is 16.5. The molecule has 0 unspecified atom stereocenters. The number of aliphatic hydroxyl groups is 1. The van der Waals surface area contributed by atoms with Crippen LogP contribution >= 0.6 is 0 Å². The number of methoxy groups -OCH3 is 1. The average molecular weight is 330 g/mol. The van der Waals surface area contributed by atoms with Gasteiger partial charge in [-0.05, 0) is 23.3 Å². The number of hydrogen-bond donors (Lipinski definition) is 1. The normalized spacial score (nSPS) is 11.8. The lowest BCUT2D eigenvalue weighted by Gasteiger charge is -2.13. The van der Waals surface area contributed by atoms with Crippen molar-refractivity contribution in [1.82, 2.24) is 0 Å². The van der Waals surface area contributed by atoms with Gasteiger partial charge in [0.15, 0.2) is 0 Å². The molecule has 0 aliphatic carbocycles. The molecular weight excluding hydrogens is 308 g/mol. The van der Waals surface area contributed by atoms with Gasteiger partial charge in [-0.3, -0.25) is 4.79 Å². The van der Waals surface area contributed by atoms with E-state index < -0.39 is 6.10 Å². The maximum atomic E-state index is 11.3. The summed E-state index contributed by atoms with van der Waals surface area (Å²) in [6.07, 6.45) is -0.533. The molecule has 0 amide bonds. The van der Waals surface area contributed by atoms with Gasteiger partial charge in [-0.15, -0.1) is 0 Å². The molecule has 2 aromatic carbocycles. The zero-order valence-corrected chi connectivity index (χ0v) is 13.7. The van der Waals surface area contributed by atoms with E-state index in [4.69, 9.17) is 9.47 Å². The van der Waals surface area contributed by atoms with Crippen LogP contribution in [0.1, 0.15) is 11.1 Å². The lowest BCUT2D eigenvalue weighted by molar-refractivity contribution is -0.139. The minimum absolute atomic E-state index is 0.121. The van der Waals surface area contributed by atoms with Gasteiger partial charge in [0.1, 0.15) is 18.5 Å². The first-order valence-corrected chi connectivity index (χ1v) is 7.75. The van der Waals surface area contributed by atoms with Crippen LogP contribution in [-0.2, 0) is 27.3 Å². The summed E-state index contributed by atoms with van der Waals surface area (Å²) in [4.78, 5) is 11.3. The Morgan fingerprint density at radius 2 is 1.79 bits per heavy atom. The Balaban J connectivity index is 1.72. The zero-order chi connectivity index (χ0) is 17.2. The van der Waals surface area contributed by atoms with Crippen molar-refractivity contribution in [3.05, 3.63) is 65.7 Å². The van der Waals surface area contributed by atoms with Crippen molar-refractivity contribution < 1.29 is 24.1 Å². The van der Waals surface area contributed by atoms with Crippen LogP contribution in [0.3, 0.4) is 0 Å². The van der Waals surface area contributed by atoms with Crippen LogP contribution in [0.2, 0.25) is 0 Å². The molecule has 0 saturated heterocycles. The largest absolute Gasteiger partial charge is 0.491 e. The van der Waals surface area contributed by atoms with Gasteiger partial charge in [0, 0.05) is 0 Å². The summed E-state index contributed by atoms with van der Waals surface area (Å²) in [5, 5.41) is 9.92. The molecule has 0 spiro atoms. The van der Waals surface area contributed by atoms with Crippen molar-refractivity contribution in [2.75, 3.05) is 20.3 Å². The Labute approximate surface area is 141 Å². The van der Waals surface area contributed by atoms with E-state index in [2.05, 4.69) is 4.74 Å². The third-order valence-corrected chi connectivity index (χ3v) is 3.34. The minimum Gasteiger partial charge on any atom is -0.491 e. The Bertz CT molecular complexity index is 627. The summed E-state index contributed by atoms with van der Waals surface area (Å²) in [6, 6.07) is 16.9. The molecule has 0 heterocycles. The number of hydrogen-bond acceptors (Lipinski definition) is 5. The fourth-order valence-electron chi connectivity index (χ4n) is 2.11. The lowest BCUT2D eigenvalue weighted by Crippen LogP contribution is -2.23. The van der Waals surface area contributed by atoms with E-state index in [1.54, 1.807) is 18.2 Å². The van der Waals surface area contributed by atoms with Gasteiger partial charge in [-0.1, -0.05) is 42.5 Å². The molecule has 5 heteroatoms. The molecule has 2 rings (SSSR count). The van der Waals surface area contributed by atoms with Gasteiger partial charge in [0.25, 0.3) is 0 Å². The van der Waals surface area contributed by atoms with Crippen molar-refractivity contribution in [1.29, 1.82) is 0 Å². The van der Waals surface area contributed by atoms with Gasteiger partial charge in [0.05, 0.1) is 26.7 Å². The number of rotatable bonds is 9. The lowest BCUT2D eigenvalue weighted by atomic mass is 10.1. The van der Waals surface area contributed by atoms with E-state index >= 15 is 0 Å². The number of esters is 1. The number of ether oxygens (including phenoxy) is 3. The first-order valence-electron chi connectivity index (χ1n) is 7.75. The molecule has 0 fully saturated rings. The first-order chi connectivity index (χ1) is 11.7. The number of carbonyl (C=O) groups excluding carboxylic acids is 1. The second-order valence-corrected chi connectivity index (χ2v) is 5.37. The third kappa shape index (κ3) is 6.40. The van der Waals surface area contributed by atoms with Crippen LogP contribution in [0.15, 0.2) is 54.6 Å². The monoisotopic (exact) mass is 330 g/mol. The van der Waals surface area contributed by atoms with Crippen molar-refractivity contribution in [2.45, 2.75) is 19.1 Å². The van der Waals surface area contributed by atoms with Gasteiger partial charge in [-0.2, -0.15) is 0 Å². The zero-order valence-electron chi connectivity index (χ0n) is 13.7. The summed E-state index contributed by atoms with van der Waals surface area (Å²) in [5.74, 6) is 0.292. The third-order valence-electron chi connectivity index (χ3n) is 3.34. The summed E-state index contributed by atoms with van der Waals surface area (Å²) < 4.78 is 15.7. The molecule has 0 bridgehead atoms. The van der Waals surface area contributed by atoms with Crippen molar-refractivity contribution in [3.8, 4) is 5.75 Å². The molecular formula is C19H22O5. The Kier molecular flexibility index (Phi) is 7.26. The molecule has 1 atom stereocenters. The highest BCUT2D eigenvalue weighted by Crippen LogP contribution is 2.14. The van der Waals surface area contributed by atoms with Crippen LogP contribution < -0.4 is 4.74 Å². The topological polar surface area (TPSA) is 65.0 Å². The summed E-state index contributed by atoms with van der Waals surface area (Å²) in [6.45, 7) is 0.764. The predicted octanol–water partition coefficient (Wildman–Crippen LogP) is 2.36. The van der Waals surface area contributed by atoms with E-state index in [1.807, 2.05) is 36.4 Å². The number of benzene rings is 2. The van der Waals surface area contributed by atoms with Crippen LogP contribution in [0.25, 0.3) is 0 Å². The minimum atomic E-state index is -0.724. The maximum absolute atomic E-state index is 11.3. The van der Waals surface area contributed by atoms with Crippen LogP contribution in [0.5, 0.6) is 5.75 Å². The maximum Gasteiger partial charge on any atom is 0.309 e. The predicted molar refractivity (Wildman–Crippen MR) is 89.8 cm³/mol. The Morgan fingerprint density at radius 1 is 1.04 bits per heavy atom. The Morgan fingerprint density at radius 3 is 2.54 bits per heavy atom. The van der Waals surface area contributed by atoms with E-state index in [9.17, 15) is 9.90 Å². The second-order valence-electron chi connectivity index (χ2n) is 5.37. The van der Waals surface area contributed by atoms with E-state index in [0.717, 1.165) is 11.1 Å². The highest BCUT2D eigenvalue weighted by Gasteiger charge is 2.08. The molecule has 128 valence electrons. The smallest absolute Gasteiger partial charge is 0.309 e. The summed E-state index contributed by atoms with van der Waals surface area (Å²) in [7, 11) is 1.36. The molecule has 24 heavy (non-hydrogen) atoms. The van der Waals surface area contributed by atoms with Gasteiger partial charge >= 0.3 is 5.97 Å². The van der Waals surface area contributed by atoms with Gasteiger partial charge < -0.3 is 19.3 Å². The molecule has 1 N–H and O–H groups in total. The first kappa shape index (κ1) is 18.0. The fraction of sp³-hybridized carbons (Fsp3) is 0.316. The van der Waals surface area contributed by atoms with Crippen LogP contribution in [-0.4, -0.2) is 37.5 Å². The summed E-state index contributed by atoms with van der Waals surface area (Å²) >= 11 is 0. The molecule has 0 aromatic heterocycles. The molecule has 0 saturated carbocycles. The van der Waals surface area contributed by atoms with E-state index in [-0.39, 0.29) is 25.6 Å². The standard InChI is InChI=1S/C19H22O5/c1-22-19(21)11-16-8-5-9-18(10-16)24-14-17(20)13-23-12-15-6-3-2-4-7-15/h2-10,17,20H,11-14H2,1H3/t17-/m0/s1. The molecule has 0 aliphatic heterocycles. The number of carbonyl (C=O) groups is 1. The fourth-order valence-corrected chi connectivity index (χ4v) is 2.11. The van der Waals surface area contributed by atoms with E-state index in [0.29, 0.717) is 12.4 Å². The number of aliphatic hydroxyl groups excluding tert-OH is 1. The van der Waals surface area contributed by atoms with Crippen molar-refractivity contribution in [2.24, 2.45) is 0 Å². The van der Waals surface area contributed by atoms with Crippen molar-refractivity contribution in [3.63, 3.8) is 0 Å². The average Bonchev–Trinajstić information content (AvgIpc) is 2.61. The second kappa shape index (κ2) is 9.70. The molecule has 0 radical (unpaired) electrons. The summed E-state index contributed by atoms with van der Waals surface area (Å²) in [5.41, 5.74) is 1.86. The Hall–Kier alpha value is -2.37. The van der Waals surface area contributed by atoms with Crippen LogP contribution in [0, 0.1) is 0 Å². The van der Waals surface area contributed by atoms with Crippen molar-refractivity contribution >= 4 is 5.97 Å². The van der Waals surface area contributed by atoms with Gasteiger partial charge in [-0.25, -0.2) is 0 Å². The van der Waals surface area contributed by atoms with E-state index in [1.165, 1.54) is 7.11 Å². The molecule has 2 aromatic rings.